The summed E-state index contributed by atoms with van der Waals surface area (Å²) in [7, 11) is 0. The lowest BCUT2D eigenvalue weighted by Gasteiger charge is -2.36. The highest BCUT2D eigenvalue weighted by molar-refractivity contribution is 6.32. The Morgan fingerprint density at radius 2 is 1.91 bits per heavy atom. The van der Waals surface area contributed by atoms with Gasteiger partial charge in [-0.3, -0.25) is 4.79 Å². The van der Waals surface area contributed by atoms with Gasteiger partial charge < -0.3 is 14.7 Å². The number of ether oxygens (including phenoxy) is 1. The fourth-order valence-corrected chi connectivity index (χ4v) is 4.57. The molecule has 6 nitrogen and oxygen atoms in total. The van der Waals surface area contributed by atoms with Gasteiger partial charge >= 0.3 is 5.97 Å². The molecule has 4 rings (SSSR count). The van der Waals surface area contributed by atoms with Gasteiger partial charge in [-0.25, -0.2) is 9.97 Å². The van der Waals surface area contributed by atoms with Crippen LogP contribution in [0.4, 0.5) is 0 Å². The number of carbonyl (C=O) groups is 1. The van der Waals surface area contributed by atoms with Gasteiger partial charge in [0.25, 0.3) is 0 Å². The molecular weight excluding hydrogens is 450 g/mol. The molecule has 1 aromatic heterocycles. The van der Waals surface area contributed by atoms with Crippen LogP contribution in [-0.4, -0.2) is 51.7 Å². The molecule has 0 unspecified atom stereocenters. The molecule has 1 fully saturated rings. The van der Waals surface area contributed by atoms with Crippen LogP contribution in [0, 0.1) is 5.92 Å². The average Bonchev–Trinajstić information content (AvgIpc) is 2.78. The maximum Gasteiger partial charge on any atom is 0.309 e. The van der Waals surface area contributed by atoms with E-state index in [1.54, 1.807) is 0 Å². The van der Waals surface area contributed by atoms with Crippen molar-refractivity contribution in [2.75, 3.05) is 19.6 Å². The standard InChI is InChI=1S/C27H30ClN3O3/c1-4-22-18(10-11-31-15-21(16-31)27(32)33)6-5-7-23(22)20-13-29-26(30-14-20)19-8-9-25(24(28)12-19)34-17(2)3/h5-9,12-14,17,21H,4,10-11,15-16H2,1-3H3,(H,32,33). The molecule has 1 aliphatic rings. The average molecular weight is 480 g/mol. The van der Waals surface area contributed by atoms with E-state index in [4.69, 9.17) is 21.4 Å². The Bertz CT molecular complexity index is 1160. The monoisotopic (exact) mass is 479 g/mol. The summed E-state index contributed by atoms with van der Waals surface area (Å²) in [6.45, 7) is 8.23. The van der Waals surface area contributed by atoms with E-state index < -0.39 is 5.97 Å². The maximum absolute atomic E-state index is 11.0. The highest BCUT2D eigenvalue weighted by atomic mass is 35.5. The van der Waals surface area contributed by atoms with Crippen molar-refractivity contribution in [3.8, 4) is 28.3 Å². The highest BCUT2D eigenvalue weighted by Gasteiger charge is 2.31. The molecule has 7 heteroatoms. The molecule has 0 amide bonds. The molecule has 178 valence electrons. The molecule has 0 saturated carbocycles. The lowest BCUT2D eigenvalue weighted by molar-refractivity contribution is -0.147. The highest BCUT2D eigenvalue weighted by Crippen LogP contribution is 2.31. The van der Waals surface area contributed by atoms with Crippen LogP contribution < -0.4 is 4.74 Å². The van der Waals surface area contributed by atoms with Crippen LogP contribution in [-0.2, 0) is 17.6 Å². The van der Waals surface area contributed by atoms with Crippen molar-refractivity contribution in [2.45, 2.75) is 39.7 Å². The zero-order chi connectivity index (χ0) is 24.2. The maximum atomic E-state index is 11.0. The number of carboxylic acids is 1. The first-order valence-corrected chi connectivity index (χ1v) is 12.1. The van der Waals surface area contributed by atoms with Crippen LogP contribution in [0.25, 0.3) is 22.5 Å². The Hall–Kier alpha value is -2.96. The number of nitrogens with zero attached hydrogens (tertiary/aromatic N) is 3. The Morgan fingerprint density at radius 1 is 1.18 bits per heavy atom. The molecule has 0 bridgehead atoms. The quantitative estimate of drug-likeness (QED) is 0.444. The van der Waals surface area contributed by atoms with Gasteiger partial charge in [-0.2, -0.15) is 0 Å². The second-order valence-electron chi connectivity index (χ2n) is 8.95. The van der Waals surface area contributed by atoms with E-state index in [-0.39, 0.29) is 12.0 Å². The van der Waals surface area contributed by atoms with Gasteiger partial charge in [-0.15, -0.1) is 0 Å². The minimum Gasteiger partial charge on any atom is -0.489 e. The lowest BCUT2D eigenvalue weighted by Crippen LogP contribution is -2.50. The summed E-state index contributed by atoms with van der Waals surface area (Å²) in [5, 5.41) is 9.62. The third-order valence-electron chi connectivity index (χ3n) is 6.15. The number of aliphatic carboxylic acids is 1. The van der Waals surface area contributed by atoms with Gasteiger partial charge in [0.05, 0.1) is 17.0 Å². The lowest BCUT2D eigenvalue weighted by atomic mass is 9.92. The van der Waals surface area contributed by atoms with Crippen LogP contribution in [0.1, 0.15) is 31.9 Å². The van der Waals surface area contributed by atoms with E-state index in [1.165, 1.54) is 11.1 Å². The van der Waals surface area contributed by atoms with Gasteiger partial charge in [0.2, 0.25) is 0 Å². The SMILES string of the molecule is CCc1c(CCN2CC(C(=O)O)C2)cccc1-c1cnc(-c2ccc(OC(C)C)c(Cl)c2)nc1. The number of hydrogen-bond acceptors (Lipinski definition) is 5. The molecule has 3 aromatic rings. The fourth-order valence-electron chi connectivity index (χ4n) is 4.35. The first kappa shape index (κ1) is 24.2. The van der Waals surface area contributed by atoms with Crippen LogP contribution in [0.3, 0.4) is 0 Å². The molecular formula is C27H30ClN3O3. The zero-order valence-electron chi connectivity index (χ0n) is 19.8. The molecule has 0 spiro atoms. The normalized spacial score (nSPS) is 14.3. The van der Waals surface area contributed by atoms with Crippen molar-refractivity contribution in [3.05, 3.63) is 64.9 Å². The molecule has 2 heterocycles. The van der Waals surface area contributed by atoms with E-state index >= 15 is 0 Å². The molecule has 0 radical (unpaired) electrons. The topological polar surface area (TPSA) is 75.6 Å². The zero-order valence-corrected chi connectivity index (χ0v) is 20.5. The molecule has 1 N–H and O–H groups in total. The van der Waals surface area contributed by atoms with E-state index in [9.17, 15) is 4.79 Å². The number of benzene rings is 2. The van der Waals surface area contributed by atoms with Gasteiger partial charge in [0.1, 0.15) is 5.75 Å². The predicted octanol–water partition coefficient (Wildman–Crippen LogP) is 5.37. The van der Waals surface area contributed by atoms with E-state index in [1.807, 2.05) is 44.4 Å². The summed E-state index contributed by atoms with van der Waals surface area (Å²) >= 11 is 6.38. The van der Waals surface area contributed by atoms with Crippen molar-refractivity contribution < 1.29 is 14.6 Å². The third-order valence-corrected chi connectivity index (χ3v) is 6.44. The third kappa shape index (κ3) is 5.40. The molecule has 34 heavy (non-hydrogen) atoms. The van der Waals surface area contributed by atoms with Crippen molar-refractivity contribution >= 4 is 17.6 Å². The summed E-state index contributed by atoms with van der Waals surface area (Å²) in [4.78, 5) is 22.5. The predicted molar refractivity (Wildman–Crippen MR) is 134 cm³/mol. The van der Waals surface area contributed by atoms with Crippen LogP contribution in [0.5, 0.6) is 5.75 Å². The van der Waals surface area contributed by atoms with Crippen LogP contribution in [0.2, 0.25) is 5.02 Å². The van der Waals surface area contributed by atoms with Crippen molar-refractivity contribution in [2.24, 2.45) is 5.92 Å². The number of hydrogen-bond donors (Lipinski definition) is 1. The van der Waals surface area contributed by atoms with E-state index in [2.05, 4.69) is 40.0 Å². The second kappa shape index (κ2) is 10.5. The van der Waals surface area contributed by atoms with Gasteiger partial charge in [-0.1, -0.05) is 36.7 Å². The summed E-state index contributed by atoms with van der Waals surface area (Å²) in [6, 6.07) is 11.9. The van der Waals surface area contributed by atoms with E-state index in [0.29, 0.717) is 29.7 Å². The number of halogens is 1. The molecule has 0 atom stereocenters. The Labute approximate surface area is 205 Å². The van der Waals surface area contributed by atoms with Crippen LogP contribution in [0.15, 0.2) is 48.8 Å². The summed E-state index contributed by atoms with van der Waals surface area (Å²) in [5.74, 6) is 0.347. The first-order valence-electron chi connectivity index (χ1n) is 11.7. The minimum atomic E-state index is -0.696. The second-order valence-corrected chi connectivity index (χ2v) is 9.36. The van der Waals surface area contributed by atoms with Gasteiger partial charge in [0, 0.05) is 43.2 Å². The van der Waals surface area contributed by atoms with E-state index in [0.717, 1.165) is 36.1 Å². The van der Waals surface area contributed by atoms with Gasteiger partial charge in [-0.05, 0) is 61.6 Å². The summed E-state index contributed by atoms with van der Waals surface area (Å²) in [5.41, 5.74) is 5.52. The number of likely N-dealkylation sites (tertiary alicyclic amines) is 1. The first-order chi connectivity index (χ1) is 16.4. The van der Waals surface area contributed by atoms with Crippen molar-refractivity contribution in [3.63, 3.8) is 0 Å². The molecule has 1 saturated heterocycles. The van der Waals surface area contributed by atoms with Gasteiger partial charge in [0.15, 0.2) is 5.82 Å². The molecule has 0 aliphatic carbocycles. The minimum absolute atomic E-state index is 0.0509. The number of aromatic nitrogens is 2. The molecule has 1 aliphatic heterocycles. The van der Waals surface area contributed by atoms with Crippen molar-refractivity contribution in [1.29, 1.82) is 0 Å². The Morgan fingerprint density at radius 3 is 2.53 bits per heavy atom. The Kier molecular flexibility index (Phi) is 7.49. The molecule has 2 aromatic carbocycles. The summed E-state index contributed by atoms with van der Waals surface area (Å²) in [6.07, 6.45) is 5.57. The summed E-state index contributed by atoms with van der Waals surface area (Å²) < 4.78 is 5.71. The number of carboxylic acid groups (broad SMARTS) is 1. The van der Waals surface area contributed by atoms with Crippen molar-refractivity contribution in [1.82, 2.24) is 14.9 Å². The fraction of sp³-hybridized carbons (Fsp3) is 0.370. The van der Waals surface area contributed by atoms with Crippen LogP contribution >= 0.6 is 11.6 Å². The smallest absolute Gasteiger partial charge is 0.309 e. The number of rotatable bonds is 9. The largest absolute Gasteiger partial charge is 0.489 e. The Balaban J connectivity index is 1.50.